The average Bonchev–Trinajstić information content (AvgIpc) is 3.80. The molecule has 0 fully saturated rings. The first-order valence-corrected chi connectivity index (χ1v) is 14.5. The van der Waals surface area contributed by atoms with Crippen LogP contribution in [0.1, 0.15) is 0 Å². The Balaban J connectivity index is 1.47. The molecule has 0 amide bonds. The Morgan fingerprint density at radius 1 is 0.585 bits per heavy atom. The van der Waals surface area contributed by atoms with Crippen LogP contribution in [0.4, 0.5) is 0 Å². The average molecular weight is 545 g/mol. The summed E-state index contributed by atoms with van der Waals surface area (Å²) in [5.74, 6) is 1.79. The third kappa shape index (κ3) is 4.00. The monoisotopic (exact) mass is 544 g/mol. The number of fused-ring (bicyclic) bond motifs is 2. The molecule has 8 aromatic rings. The van der Waals surface area contributed by atoms with E-state index in [2.05, 4.69) is 131 Å². The molecular formula is C37H24N2OS. The maximum atomic E-state index is 5.74. The van der Waals surface area contributed by atoms with Crippen molar-refractivity contribution in [3.63, 3.8) is 0 Å². The molecule has 0 aliphatic rings. The fraction of sp³-hybridized carbons (Fsp3) is 0. The molecule has 3 aromatic heterocycles. The van der Waals surface area contributed by atoms with Crippen molar-refractivity contribution in [2.45, 2.75) is 0 Å². The van der Waals surface area contributed by atoms with Crippen molar-refractivity contribution in [2.75, 3.05) is 0 Å². The number of benzene rings is 5. The topological polar surface area (TPSA) is 31.0 Å². The lowest BCUT2D eigenvalue weighted by molar-refractivity contribution is 0.582. The van der Waals surface area contributed by atoms with E-state index in [0.717, 1.165) is 50.6 Å². The summed E-state index contributed by atoms with van der Waals surface area (Å²) in [5, 5.41) is 3.40. The largest absolute Gasteiger partial charge is 0.464 e. The fourth-order valence-electron chi connectivity index (χ4n) is 5.72. The van der Waals surface area contributed by atoms with E-state index in [-0.39, 0.29) is 0 Å². The predicted octanol–water partition coefficient (Wildman–Crippen LogP) is 10.5. The lowest BCUT2D eigenvalue weighted by Gasteiger charge is -2.19. The first kappa shape index (κ1) is 23.7. The molecule has 5 aromatic carbocycles. The van der Waals surface area contributed by atoms with Gasteiger partial charge < -0.3 is 4.42 Å². The molecule has 0 radical (unpaired) electrons. The molecule has 0 saturated heterocycles. The van der Waals surface area contributed by atoms with E-state index in [1.807, 2.05) is 12.1 Å². The van der Waals surface area contributed by atoms with Crippen molar-refractivity contribution < 1.29 is 4.42 Å². The summed E-state index contributed by atoms with van der Waals surface area (Å²) >= 11 is 1.75. The van der Waals surface area contributed by atoms with E-state index >= 15 is 0 Å². The van der Waals surface area contributed by atoms with Crippen LogP contribution in [0.5, 0.6) is 0 Å². The maximum Gasteiger partial charge on any atom is 0.147 e. The van der Waals surface area contributed by atoms with Crippen molar-refractivity contribution in [3.05, 3.63) is 145 Å². The van der Waals surface area contributed by atoms with Crippen LogP contribution in [0.2, 0.25) is 0 Å². The van der Waals surface area contributed by atoms with Crippen LogP contribution in [-0.4, -0.2) is 9.55 Å². The first-order valence-electron chi connectivity index (χ1n) is 13.6. The van der Waals surface area contributed by atoms with Gasteiger partial charge in [0.1, 0.15) is 11.6 Å². The van der Waals surface area contributed by atoms with Crippen molar-refractivity contribution in [3.8, 4) is 50.7 Å². The van der Waals surface area contributed by atoms with E-state index in [1.165, 1.54) is 21.2 Å². The number of nitrogens with zero attached hydrogens (tertiary/aromatic N) is 2. The molecule has 194 valence electrons. The van der Waals surface area contributed by atoms with Crippen molar-refractivity contribution >= 4 is 32.5 Å². The number of furan rings is 1. The van der Waals surface area contributed by atoms with Crippen LogP contribution in [0.15, 0.2) is 150 Å². The van der Waals surface area contributed by atoms with E-state index < -0.39 is 0 Å². The first-order chi connectivity index (χ1) is 20.3. The van der Waals surface area contributed by atoms with Crippen LogP contribution in [0, 0.1) is 0 Å². The molecule has 0 bridgehead atoms. The third-order valence-electron chi connectivity index (χ3n) is 7.61. The second-order valence-electron chi connectivity index (χ2n) is 10.0. The molecule has 4 heteroatoms. The minimum absolute atomic E-state index is 0.860. The summed E-state index contributed by atoms with van der Waals surface area (Å²) < 4.78 is 9.32. The van der Waals surface area contributed by atoms with E-state index in [1.54, 1.807) is 17.6 Å². The molecule has 8 rings (SSSR count). The Morgan fingerprint density at radius 2 is 1.29 bits per heavy atom. The van der Waals surface area contributed by atoms with Gasteiger partial charge in [-0.05, 0) is 53.6 Å². The maximum absolute atomic E-state index is 5.74. The Labute approximate surface area is 241 Å². The van der Waals surface area contributed by atoms with Gasteiger partial charge in [0.2, 0.25) is 0 Å². The molecule has 0 atom stereocenters. The number of rotatable bonds is 5. The zero-order valence-corrected chi connectivity index (χ0v) is 22.9. The summed E-state index contributed by atoms with van der Waals surface area (Å²) in [7, 11) is 0. The van der Waals surface area contributed by atoms with Crippen LogP contribution < -0.4 is 0 Å². The van der Waals surface area contributed by atoms with Crippen molar-refractivity contribution in [2.24, 2.45) is 0 Å². The smallest absolute Gasteiger partial charge is 0.147 e. The van der Waals surface area contributed by atoms with Gasteiger partial charge in [0.15, 0.2) is 0 Å². The molecular weight excluding hydrogens is 520 g/mol. The summed E-state index contributed by atoms with van der Waals surface area (Å²) in [5.41, 5.74) is 9.97. The Kier molecular flexibility index (Phi) is 5.64. The number of hydrogen-bond acceptors (Lipinski definition) is 3. The minimum atomic E-state index is 0.860. The zero-order valence-electron chi connectivity index (χ0n) is 22.1. The highest BCUT2D eigenvalue weighted by Crippen LogP contribution is 2.43. The highest BCUT2D eigenvalue weighted by molar-refractivity contribution is 7.17. The standard InChI is InChI=1S/C37H24N2OS/c1-3-11-25(12-4-1)28-15-9-16-29(26-13-5-2-6-14-26)36(28)39-33-18-8-7-17-32(33)38-37(39)31-24-41-35-21-20-27(23-30(31)35)34-19-10-22-40-34/h1-24H. The Morgan fingerprint density at radius 3 is 2.00 bits per heavy atom. The molecule has 0 aliphatic carbocycles. The predicted molar refractivity (Wildman–Crippen MR) is 170 cm³/mol. The molecule has 0 aliphatic heterocycles. The van der Waals surface area contributed by atoms with Gasteiger partial charge in [0, 0.05) is 37.7 Å². The van der Waals surface area contributed by atoms with E-state index in [0.29, 0.717) is 0 Å². The summed E-state index contributed by atoms with van der Waals surface area (Å²) in [4.78, 5) is 5.29. The highest BCUT2D eigenvalue weighted by Gasteiger charge is 2.23. The SMILES string of the molecule is c1ccc(-c2cccc(-c3ccccc3)c2-n2c(-c3csc4ccc(-c5ccco5)cc34)nc3ccccc32)cc1. The molecule has 41 heavy (non-hydrogen) atoms. The second kappa shape index (κ2) is 9.77. The van der Waals surface area contributed by atoms with Crippen LogP contribution in [0.25, 0.3) is 71.8 Å². The number of hydrogen-bond donors (Lipinski definition) is 0. The van der Waals surface area contributed by atoms with Gasteiger partial charge in [-0.1, -0.05) is 91.0 Å². The van der Waals surface area contributed by atoms with Crippen LogP contribution in [0.3, 0.4) is 0 Å². The van der Waals surface area contributed by atoms with Gasteiger partial charge in [-0.25, -0.2) is 4.98 Å². The second-order valence-corrected chi connectivity index (χ2v) is 10.9. The lowest BCUT2D eigenvalue weighted by atomic mass is 9.95. The summed E-state index contributed by atoms with van der Waals surface area (Å²) in [6.07, 6.45) is 1.72. The molecule has 0 N–H and O–H groups in total. The van der Waals surface area contributed by atoms with Gasteiger partial charge in [0.25, 0.3) is 0 Å². The molecule has 3 nitrogen and oxygen atoms in total. The van der Waals surface area contributed by atoms with Gasteiger partial charge in [-0.15, -0.1) is 11.3 Å². The number of imidazole rings is 1. The highest BCUT2D eigenvalue weighted by atomic mass is 32.1. The molecule has 0 saturated carbocycles. The van der Waals surface area contributed by atoms with Gasteiger partial charge in [-0.3, -0.25) is 4.57 Å². The minimum Gasteiger partial charge on any atom is -0.464 e. The molecule has 0 spiro atoms. The Hall–Kier alpha value is -5.19. The normalized spacial score (nSPS) is 11.4. The summed E-state index contributed by atoms with van der Waals surface area (Å²) in [6, 6.07) is 46.8. The van der Waals surface area contributed by atoms with Crippen molar-refractivity contribution in [1.29, 1.82) is 0 Å². The van der Waals surface area contributed by atoms with E-state index in [4.69, 9.17) is 9.40 Å². The molecule has 0 unspecified atom stereocenters. The fourth-order valence-corrected chi connectivity index (χ4v) is 6.64. The number of aromatic nitrogens is 2. The van der Waals surface area contributed by atoms with Crippen LogP contribution >= 0.6 is 11.3 Å². The number of para-hydroxylation sites is 3. The Bertz CT molecular complexity index is 2080. The van der Waals surface area contributed by atoms with Crippen LogP contribution in [-0.2, 0) is 0 Å². The summed E-state index contributed by atoms with van der Waals surface area (Å²) in [6.45, 7) is 0. The number of thiophene rings is 1. The van der Waals surface area contributed by atoms with Gasteiger partial charge >= 0.3 is 0 Å². The third-order valence-corrected chi connectivity index (χ3v) is 8.57. The zero-order chi connectivity index (χ0) is 27.2. The quantitative estimate of drug-likeness (QED) is 0.216. The van der Waals surface area contributed by atoms with Crippen molar-refractivity contribution in [1.82, 2.24) is 9.55 Å². The molecule has 3 heterocycles. The van der Waals surface area contributed by atoms with Gasteiger partial charge in [0.05, 0.1) is 23.0 Å². The lowest BCUT2D eigenvalue weighted by Crippen LogP contribution is -2.03. The van der Waals surface area contributed by atoms with Gasteiger partial charge in [-0.2, -0.15) is 0 Å². The van der Waals surface area contributed by atoms with E-state index in [9.17, 15) is 0 Å².